The Labute approximate surface area is 117 Å². The number of carbonyl (C=O) groups excluding carboxylic acids is 1. The Kier molecular flexibility index (Phi) is 3.88. The minimum absolute atomic E-state index is 0.189. The standard InChI is InChI=1S/C13H11F3N2O3/c1-18-10(12(19)20-2)7-17-11(18)8-4-3-5-9(6-8)21-13(14,15)16/h3-7H,1-2H3. The molecule has 0 aliphatic carbocycles. The molecule has 1 aromatic heterocycles. The Morgan fingerprint density at radius 2 is 2.05 bits per heavy atom. The molecule has 0 amide bonds. The number of hydrogen-bond donors (Lipinski definition) is 0. The fourth-order valence-electron chi connectivity index (χ4n) is 1.80. The van der Waals surface area contributed by atoms with E-state index in [1.807, 2.05) is 0 Å². The van der Waals surface area contributed by atoms with Crippen molar-refractivity contribution in [3.05, 3.63) is 36.2 Å². The molecule has 0 saturated carbocycles. The maximum absolute atomic E-state index is 12.2. The van der Waals surface area contributed by atoms with Gasteiger partial charge in [0.2, 0.25) is 0 Å². The number of hydrogen-bond acceptors (Lipinski definition) is 4. The smallest absolute Gasteiger partial charge is 0.464 e. The molecule has 0 N–H and O–H groups in total. The minimum Gasteiger partial charge on any atom is -0.464 e. The van der Waals surface area contributed by atoms with Crippen molar-refractivity contribution in [3.8, 4) is 17.1 Å². The predicted molar refractivity (Wildman–Crippen MR) is 66.7 cm³/mol. The second-order valence-electron chi connectivity index (χ2n) is 4.09. The lowest BCUT2D eigenvalue weighted by atomic mass is 10.2. The van der Waals surface area contributed by atoms with Gasteiger partial charge in [0, 0.05) is 12.6 Å². The quantitative estimate of drug-likeness (QED) is 0.818. The predicted octanol–water partition coefficient (Wildman–Crippen LogP) is 2.77. The van der Waals surface area contributed by atoms with Crippen LogP contribution in [-0.4, -0.2) is 29.0 Å². The number of rotatable bonds is 3. The van der Waals surface area contributed by atoms with Gasteiger partial charge < -0.3 is 14.0 Å². The van der Waals surface area contributed by atoms with E-state index in [4.69, 9.17) is 0 Å². The minimum atomic E-state index is -4.77. The van der Waals surface area contributed by atoms with Crippen molar-refractivity contribution in [1.82, 2.24) is 9.55 Å². The molecule has 0 spiro atoms. The second-order valence-corrected chi connectivity index (χ2v) is 4.09. The maximum Gasteiger partial charge on any atom is 0.573 e. The van der Waals surface area contributed by atoms with Crippen LogP contribution in [0.25, 0.3) is 11.4 Å². The third-order valence-corrected chi connectivity index (χ3v) is 2.71. The lowest BCUT2D eigenvalue weighted by molar-refractivity contribution is -0.274. The number of imidazole rings is 1. The van der Waals surface area contributed by atoms with Crippen LogP contribution in [0.2, 0.25) is 0 Å². The Morgan fingerprint density at radius 3 is 2.67 bits per heavy atom. The molecular weight excluding hydrogens is 289 g/mol. The summed E-state index contributed by atoms with van der Waals surface area (Å²) in [5.74, 6) is -0.621. The molecule has 0 saturated heterocycles. The van der Waals surface area contributed by atoms with Crippen molar-refractivity contribution in [1.29, 1.82) is 0 Å². The summed E-state index contributed by atoms with van der Waals surface area (Å²) in [6, 6.07) is 5.34. The van der Waals surface area contributed by atoms with Crippen molar-refractivity contribution in [2.75, 3.05) is 7.11 Å². The fourth-order valence-corrected chi connectivity index (χ4v) is 1.80. The topological polar surface area (TPSA) is 53.4 Å². The summed E-state index contributed by atoms with van der Waals surface area (Å²) in [5, 5.41) is 0. The average molecular weight is 300 g/mol. The molecule has 1 aromatic carbocycles. The number of methoxy groups -OCH3 is 1. The lowest BCUT2D eigenvalue weighted by Gasteiger charge is -2.10. The van der Waals surface area contributed by atoms with Crippen molar-refractivity contribution in [2.24, 2.45) is 7.05 Å². The SMILES string of the molecule is COC(=O)c1cnc(-c2cccc(OC(F)(F)F)c2)n1C. The number of nitrogens with zero attached hydrogens (tertiary/aromatic N) is 2. The molecule has 21 heavy (non-hydrogen) atoms. The largest absolute Gasteiger partial charge is 0.573 e. The third-order valence-electron chi connectivity index (χ3n) is 2.71. The van der Waals surface area contributed by atoms with Crippen molar-refractivity contribution >= 4 is 5.97 Å². The van der Waals surface area contributed by atoms with Crippen molar-refractivity contribution in [2.45, 2.75) is 6.36 Å². The Balaban J connectivity index is 2.37. The van der Waals surface area contributed by atoms with Gasteiger partial charge in [-0.2, -0.15) is 0 Å². The summed E-state index contributed by atoms with van der Waals surface area (Å²) in [4.78, 5) is 15.5. The molecule has 0 aliphatic rings. The van der Waals surface area contributed by atoms with Gasteiger partial charge in [-0.25, -0.2) is 9.78 Å². The van der Waals surface area contributed by atoms with Gasteiger partial charge in [-0.05, 0) is 12.1 Å². The summed E-state index contributed by atoms with van der Waals surface area (Å²) in [6.45, 7) is 0. The van der Waals surface area contributed by atoms with Gasteiger partial charge in [0.05, 0.1) is 13.3 Å². The van der Waals surface area contributed by atoms with E-state index in [-0.39, 0.29) is 11.4 Å². The first-order valence-electron chi connectivity index (χ1n) is 5.78. The highest BCUT2D eigenvalue weighted by atomic mass is 19.4. The summed E-state index contributed by atoms with van der Waals surface area (Å²) >= 11 is 0. The highest BCUT2D eigenvalue weighted by Crippen LogP contribution is 2.27. The van der Waals surface area contributed by atoms with Gasteiger partial charge in [0.25, 0.3) is 0 Å². The van der Waals surface area contributed by atoms with Gasteiger partial charge in [-0.3, -0.25) is 0 Å². The molecule has 1 heterocycles. The monoisotopic (exact) mass is 300 g/mol. The van der Waals surface area contributed by atoms with Gasteiger partial charge >= 0.3 is 12.3 Å². The number of halogens is 3. The van der Waals surface area contributed by atoms with E-state index >= 15 is 0 Å². The van der Waals surface area contributed by atoms with Gasteiger partial charge in [0.1, 0.15) is 17.3 Å². The van der Waals surface area contributed by atoms with Gasteiger partial charge in [-0.1, -0.05) is 12.1 Å². The Bertz CT molecular complexity index is 665. The molecule has 8 heteroatoms. The highest BCUT2D eigenvalue weighted by molar-refractivity contribution is 5.88. The van der Waals surface area contributed by atoms with Crippen LogP contribution in [0.5, 0.6) is 5.75 Å². The molecule has 0 bridgehead atoms. The molecule has 0 fully saturated rings. The molecular formula is C13H11F3N2O3. The zero-order valence-corrected chi connectivity index (χ0v) is 11.1. The van der Waals surface area contributed by atoms with Crippen LogP contribution in [0.1, 0.15) is 10.5 Å². The fraction of sp³-hybridized carbons (Fsp3) is 0.231. The van der Waals surface area contributed by atoms with Gasteiger partial charge in [-0.15, -0.1) is 13.2 Å². The number of esters is 1. The Hall–Kier alpha value is -2.51. The molecule has 5 nitrogen and oxygen atoms in total. The van der Waals surface area contributed by atoms with Crippen molar-refractivity contribution in [3.63, 3.8) is 0 Å². The van der Waals surface area contributed by atoms with Crippen LogP contribution in [0.3, 0.4) is 0 Å². The van der Waals surface area contributed by atoms with E-state index in [2.05, 4.69) is 14.5 Å². The van der Waals surface area contributed by atoms with Crippen LogP contribution >= 0.6 is 0 Å². The lowest BCUT2D eigenvalue weighted by Crippen LogP contribution is -2.17. The summed E-state index contributed by atoms with van der Waals surface area (Å²) in [7, 11) is 2.79. The first kappa shape index (κ1) is 14.9. The third kappa shape index (κ3) is 3.33. The summed E-state index contributed by atoms with van der Waals surface area (Å²) < 4.78 is 46.5. The van der Waals surface area contributed by atoms with E-state index in [0.717, 1.165) is 0 Å². The van der Waals surface area contributed by atoms with E-state index in [0.29, 0.717) is 11.4 Å². The molecule has 2 aromatic rings. The van der Waals surface area contributed by atoms with E-state index in [1.165, 1.54) is 36.1 Å². The number of aromatic nitrogens is 2. The second kappa shape index (κ2) is 5.47. The first-order valence-corrected chi connectivity index (χ1v) is 5.78. The number of ether oxygens (including phenoxy) is 2. The summed E-state index contributed by atoms with van der Waals surface area (Å²) in [5.41, 5.74) is 0.573. The molecule has 0 unspecified atom stereocenters. The normalized spacial score (nSPS) is 11.3. The first-order chi connectivity index (χ1) is 9.81. The number of carbonyl (C=O) groups is 1. The van der Waals surface area contributed by atoms with E-state index in [1.54, 1.807) is 13.1 Å². The number of alkyl halides is 3. The van der Waals surface area contributed by atoms with Crippen molar-refractivity contribution < 1.29 is 27.4 Å². The number of benzene rings is 1. The van der Waals surface area contributed by atoms with Crippen LogP contribution < -0.4 is 4.74 Å². The van der Waals surface area contributed by atoms with E-state index in [9.17, 15) is 18.0 Å². The zero-order valence-electron chi connectivity index (χ0n) is 11.1. The summed E-state index contributed by atoms with van der Waals surface area (Å²) in [6.07, 6.45) is -3.48. The Morgan fingerprint density at radius 1 is 1.33 bits per heavy atom. The van der Waals surface area contributed by atoms with E-state index < -0.39 is 12.3 Å². The average Bonchev–Trinajstić information content (AvgIpc) is 2.78. The molecule has 0 radical (unpaired) electrons. The zero-order chi connectivity index (χ0) is 15.6. The molecule has 0 atom stereocenters. The molecule has 0 aliphatic heterocycles. The van der Waals surface area contributed by atoms with Crippen LogP contribution in [0.4, 0.5) is 13.2 Å². The van der Waals surface area contributed by atoms with Crippen LogP contribution in [0, 0.1) is 0 Å². The van der Waals surface area contributed by atoms with Crippen LogP contribution in [0.15, 0.2) is 30.5 Å². The molecule has 2 rings (SSSR count). The molecule has 112 valence electrons. The highest BCUT2D eigenvalue weighted by Gasteiger charge is 2.31. The maximum atomic E-state index is 12.2. The van der Waals surface area contributed by atoms with Crippen LogP contribution in [-0.2, 0) is 11.8 Å². The van der Waals surface area contributed by atoms with Gasteiger partial charge in [0.15, 0.2) is 0 Å².